The van der Waals surface area contributed by atoms with E-state index in [4.69, 9.17) is 4.74 Å². The molecule has 6 rings (SSSR count). The number of para-hydroxylation sites is 1. The molecule has 3 aliphatic heterocycles. The Bertz CT molecular complexity index is 1030. The summed E-state index contributed by atoms with van der Waals surface area (Å²) in [7, 11) is 2.79. The van der Waals surface area contributed by atoms with Crippen molar-refractivity contribution >= 4 is 35.2 Å². The number of amides is 3. The minimum atomic E-state index is -1.33. The summed E-state index contributed by atoms with van der Waals surface area (Å²) in [5.74, 6) is -5.44. The molecule has 0 aromatic heterocycles. The van der Waals surface area contributed by atoms with E-state index in [0.29, 0.717) is 5.69 Å². The van der Waals surface area contributed by atoms with Crippen molar-refractivity contribution in [1.29, 1.82) is 0 Å². The molecule has 2 aliphatic carbocycles. The summed E-state index contributed by atoms with van der Waals surface area (Å²) < 4.78 is 5.09. The van der Waals surface area contributed by atoms with Crippen LogP contribution >= 0.6 is 0 Å². The van der Waals surface area contributed by atoms with E-state index in [2.05, 4.69) is 0 Å². The second-order valence-corrected chi connectivity index (χ2v) is 8.35. The number of rotatable bonds is 2. The highest BCUT2D eigenvalue weighted by Crippen LogP contribution is 2.62. The number of benzene rings is 1. The van der Waals surface area contributed by atoms with Gasteiger partial charge in [-0.25, -0.2) is 4.90 Å². The number of carbonyl (C=O) groups excluding carboxylic acids is 5. The van der Waals surface area contributed by atoms with Gasteiger partial charge < -0.3 is 9.64 Å². The van der Waals surface area contributed by atoms with Crippen molar-refractivity contribution in [1.82, 2.24) is 4.90 Å². The monoisotopic (exact) mass is 408 g/mol. The Kier molecular flexibility index (Phi) is 3.81. The Labute approximate surface area is 172 Å². The molecule has 5 aliphatic rings. The molecule has 0 spiro atoms. The van der Waals surface area contributed by atoms with Crippen LogP contribution in [-0.4, -0.2) is 54.6 Å². The number of fused-ring (bicyclic) bond motifs is 1. The number of hydrogen-bond acceptors (Lipinski definition) is 6. The third-order valence-corrected chi connectivity index (χ3v) is 7.23. The fraction of sp³-hybridized carbons (Fsp3) is 0.409. The third-order valence-electron chi connectivity index (χ3n) is 7.23. The zero-order chi connectivity index (χ0) is 21.4. The number of imide groups is 1. The minimum absolute atomic E-state index is 0.0393. The average molecular weight is 408 g/mol. The van der Waals surface area contributed by atoms with E-state index in [1.807, 2.05) is 0 Å². The minimum Gasteiger partial charge on any atom is -0.468 e. The average Bonchev–Trinajstić information content (AvgIpc) is 3.01. The van der Waals surface area contributed by atoms with Crippen LogP contribution in [-0.2, 0) is 28.7 Å². The summed E-state index contributed by atoms with van der Waals surface area (Å²) in [4.78, 5) is 67.9. The Morgan fingerprint density at radius 2 is 1.67 bits per heavy atom. The highest BCUT2D eigenvalue weighted by molar-refractivity contribution is 6.24. The number of carbonyl (C=O) groups is 5. The van der Waals surface area contributed by atoms with Crippen LogP contribution in [0, 0.1) is 29.1 Å². The maximum atomic E-state index is 13.5. The Balaban J connectivity index is 1.72. The largest absolute Gasteiger partial charge is 0.468 e. The predicted molar refractivity (Wildman–Crippen MR) is 103 cm³/mol. The lowest BCUT2D eigenvalue weighted by Gasteiger charge is -2.61. The summed E-state index contributed by atoms with van der Waals surface area (Å²) in [5.41, 5.74) is -0.905. The summed E-state index contributed by atoms with van der Waals surface area (Å²) in [6.07, 6.45) is 2.79. The van der Waals surface area contributed by atoms with Crippen molar-refractivity contribution in [3.63, 3.8) is 0 Å². The molecule has 3 saturated heterocycles. The van der Waals surface area contributed by atoms with Gasteiger partial charge in [-0.05, 0) is 18.2 Å². The van der Waals surface area contributed by atoms with Crippen molar-refractivity contribution < 1.29 is 28.7 Å². The van der Waals surface area contributed by atoms with Crippen LogP contribution in [0.4, 0.5) is 5.69 Å². The second-order valence-electron chi connectivity index (χ2n) is 8.35. The van der Waals surface area contributed by atoms with Gasteiger partial charge in [-0.3, -0.25) is 24.0 Å². The smallest absolute Gasteiger partial charge is 0.318 e. The lowest BCUT2D eigenvalue weighted by Crippen LogP contribution is -2.74. The molecule has 154 valence electrons. The van der Waals surface area contributed by atoms with Gasteiger partial charge in [0.2, 0.25) is 17.7 Å². The Hall–Kier alpha value is -3.29. The summed E-state index contributed by atoms with van der Waals surface area (Å²) in [5, 5.41) is 0. The van der Waals surface area contributed by atoms with Gasteiger partial charge in [0.1, 0.15) is 5.41 Å². The first-order valence-corrected chi connectivity index (χ1v) is 9.84. The van der Waals surface area contributed by atoms with Crippen LogP contribution in [0.2, 0.25) is 0 Å². The first-order chi connectivity index (χ1) is 14.3. The molecule has 1 aromatic rings. The molecule has 0 radical (unpaired) electrons. The maximum Gasteiger partial charge on any atom is 0.318 e. The maximum absolute atomic E-state index is 13.5. The molecule has 1 saturated carbocycles. The SMILES string of the molecule is COC(=O)[C@]12C=CC(=O)C[C@@H]1[C@H]1C(=O)N(C)[C@H]2[C@H]2C(=O)N(c3ccccc3)C(=O)[C@H]12. The number of allylic oxidation sites excluding steroid dienone is 1. The number of piperidine rings is 2. The van der Waals surface area contributed by atoms with Gasteiger partial charge in [0.05, 0.1) is 36.6 Å². The summed E-state index contributed by atoms with van der Waals surface area (Å²) in [6, 6.07) is 7.65. The number of anilines is 1. The standard InChI is InChI=1S/C22H20N2O6/c1-23-17-16-15(19(27)24(20(16)28)11-6-4-3-5-7-11)14(18(23)26)13-10-12(25)8-9-22(13,17)21(29)30-2/h3-9,13-17H,10H2,1-2H3/t13-,14-,15-,16+,17+,22-/m1/s1. The van der Waals surface area contributed by atoms with E-state index in [-0.39, 0.29) is 18.1 Å². The number of methoxy groups -OCH3 is 1. The van der Waals surface area contributed by atoms with Gasteiger partial charge in [0, 0.05) is 19.4 Å². The zero-order valence-corrected chi connectivity index (χ0v) is 16.5. The highest BCUT2D eigenvalue weighted by atomic mass is 16.5. The van der Waals surface area contributed by atoms with Crippen LogP contribution in [0.25, 0.3) is 0 Å². The molecule has 2 bridgehead atoms. The van der Waals surface area contributed by atoms with E-state index >= 15 is 0 Å². The Morgan fingerprint density at radius 3 is 2.33 bits per heavy atom. The van der Waals surface area contributed by atoms with Crippen molar-refractivity contribution in [2.75, 3.05) is 19.1 Å². The molecule has 0 N–H and O–H groups in total. The third kappa shape index (κ3) is 2.03. The molecule has 6 atom stereocenters. The lowest BCUT2D eigenvalue weighted by atomic mass is 9.47. The van der Waals surface area contributed by atoms with Crippen LogP contribution in [0.5, 0.6) is 0 Å². The molecule has 1 aromatic carbocycles. The van der Waals surface area contributed by atoms with Gasteiger partial charge in [-0.2, -0.15) is 0 Å². The molecular formula is C22H20N2O6. The van der Waals surface area contributed by atoms with E-state index in [9.17, 15) is 24.0 Å². The summed E-state index contributed by atoms with van der Waals surface area (Å²) in [6.45, 7) is 0. The first-order valence-electron chi connectivity index (χ1n) is 9.84. The number of ketones is 1. The summed E-state index contributed by atoms with van der Waals surface area (Å²) >= 11 is 0. The van der Waals surface area contributed by atoms with Gasteiger partial charge in [-0.1, -0.05) is 24.3 Å². The molecule has 0 unspecified atom stereocenters. The Morgan fingerprint density at radius 1 is 1.00 bits per heavy atom. The van der Waals surface area contributed by atoms with E-state index in [0.717, 1.165) is 4.90 Å². The van der Waals surface area contributed by atoms with Crippen molar-refractivity contribution in [3.8, 4) is 0 Å². The first kappa shape index (κ1) is 18.7. The van der Waals surface area contributed by atoms with Gasteiger partial charge in [0.25, 0.3) is 0 Å². The number of ether oxygens (including phenoxy) is 1. The molecule has 8 nitrogen and oxygen atoms in total. The lowest BCUT2D eigenvalue weighted by molar-refractivity contribution is -0.195. The topological polar surface area (TPSA) is 101 Å². The van der Waals surface area contributed by atoms with Gasteiger partial charge in [0.15, 0.2) is 5.78 Å². The van der Waals surface area contributed by atoms with Crippen LogP contribution < -0.4 is 4.90 Å². The van der Waals surface area contributed by atoms with E-state index in [1.54, 1.807) is 37.4 Å². The van der Waals surface area contributed by atoms with Crippen molar-refractivity contribution in [2.45, 2.75) is 12.5 Å². The second kappa shape index (κ2) is 6.10. The number of esters is 1. The normalized spacial score (nSPS) is 36.8. The van der Waals surface area contributed by atoms with Crippen molar-refractivity contribution in [3.05, 3.63) is 42.5 Å². The van der Waals surface area contributed by atoms with E-state index < -0.39 is 52.9 Å². The van der Waals surface area contributed by atoms with Crippen LogP contribution in [0.1, 0.15) is 6.42 Å². The zero-order valence-electron chi connectivity index (χ0n) is 16.5. The van der Waals surface area contributed by atoms with Crippen LogP contribution in [0.3, 0.4) is 0 Å². The quantitative estimate of drug-likeness (QED) is 0.524. The predicted octanol–water partition coefficient (Wildman–Crippen LogP) is 0.567. The van der Waals surface area contributed by atoms with Crippen LogP contribution in [0.15, 0.2) is 42.5 Å². The van der Waals surface area contributed by atoms with E-state index in [1.165, 1.54) is 24.2 Å². The molecular weight excluding hydrogens is 388 g/mol. The van der Waals surface area contributed by atoms with Gasteiger partial charge >= 0.3 is 5.97 Å². The fourth-order valence-electron chi connectivity index (χ4n) is 6.13. The molecule has 4 fully saturated rings. The fourth-order valence-corrected chi connectivity index (χ4v) is 6.13. The molecule has 30 heavy (non-hydrogen) atoms. The highest BCUT2D eigenvalue weighted by Gasteiger charge is 2.76. The van der Waals surface area contributed by atoms with Crippen molar-refractivity contribution in [2.24, 2.45) is 29.1 Å². The molecule has 8 heteroatoms. The number of hydrogen-bond donors (Lipinski definition) is 0. The molecule has 3 amide bonds. The molecule has 3 heterocycles. The van der Waals surface area contributed by atoms with Gasteiger partial charge in [-0.15, -0.1) is 0 Å². The number of nitrogens with zero attached hydrogens (tertiary/aromatic N) is 2.